The third kappa shape index (κ3) is 2.13. The Balaban J connectivity index is 2.66. The Kier molecular flexibility index (Phi) is 3.06. The van der Waals surface area contributed by atoms with E-state index in [4.69, 9.17) is 5.73 Å². The van der Waals surface area contributed by atoms with Crippen molar-refractivity contribution >= 4 is 17.3 Å². The smallest absolute Gasteiger partial charge is 0.332 e. The molecule has 2 rings (SSSR count). The molecule has 5 N–H and O–H groups in total. The largest absolute Gasteiger partial charge is 0.391 e. The summed E-state index contributed by atoms with van der Waals surface area (Å²) in [4.78, 5) is 50.1. The zero-order valence-electron chi connectivity index (χ0n) is 10.7. The van der Waals surface area contributed by atoms with Crippen LogP contribution in [0.2, 0.25) is 0 Å². The van der Waals surface area contributed by atoms with Crippen LogP contribution in [0.4, 0.5) is 17.3 Å². The van der Waals surface area contributed by atoms with E-state index in [1.165, 1.54) is 14.1 Å². The summed E-state index contributed by atoms with van der Waals surface area (Å²) in [6, 6.07) is 1.06. The van der Waals surface area contributed by atoms with E-state index in [1.54, 1.807) is 0 Å². The van der Waals surface area contributed by atoms with Crippen molar-refractivity contribution < 1.29 is 0 Å². The van der Waals surface area contributed by atoms with Gasteiger partial charge in [-0.2, -0.15) is 0 Å². The summed E-state index contributed by atoms with van der Waals surface area (Å²) in [6.45, 7) is 0. The van der Waals surface area contributed by atoms with Crippen molar-refractivity contribution in [3.63, 3.8) is 0 Å². The van der Waals surface area contributed by atoms with Gasteiger partial charge in [-0.25, -0.2) is 9.59 Å². The lowest BCUT2D eigenvalue weighted by Gasteiger charge is -2.13. The van der Waals surface area contributed by atoms with Gasteiger partial charge < -0.3 is 11.1 Å². The Hall–Kier alpha value is -3.04. The standard InChI is InChI=1S/C10H12N6O4/c1-15-7(6(11)8(18)16(2)10(15)20)12-4-3-5(17)14-9(19)13-4/h3H,11H2,1-2H3,(H3,12,13,14,17,19). The molecule has 0 bridgehead atoms. The summed E-state index contributed by atoms with van der Waals surface area (Å²) in [6.07, 6.45) is 0. The number of nitrogens with two attached hydrogens (primary N) is 1. The van der Waals surface area contributed by atoms with Gasteiger partial charge in [-0.05, 0) is 0 Å². The molecule has 10 nitrogen and oxygen atoms in total. The first-order chi connectivity index (χ1) is 9.31. The molecule has 106 valence electrons. The molecule has 0 aliphatic carbocycles. The molecule has 0 unspecified atom stereocenters. The van der Waals surface area contributed by atoms with Crippen molar-refractivity contribution in [3.05, 3.63) is 47.7 Å². The quantitative estimate of drug-likeness (QED) is 0.490. The molecular formula is C10H12N6O4. The predicted molar refractivity (Wildman–Crippen MR) is 72.3 cm³/mol. The summed E-state index contributed by atoms with van der Waals surface area (Å²) in [5.74, 6) is -0.00643. The van der Waals surface area contributed by atoms with Gasteiger partial charge in [0.2, 0.25) is 0 Å². The van der Waals surface area contributed by atoms with Gasteiger partial charge in [-0.3, -0.25) is 28.7 Å². The maximum absolute atomic E-state index is 11.8. The second-order valence-corrected chi connectivity index (χ2v) is 4.09. The second-order valence-electron chi connectivity index (χ2n) is 4.09. The lowest BCUT2D eigenvalue weighted by atomic mass is 10.4. The molecule has 0 saturated carbocycles. The Morgan fingerprint density at radius 1 is 1.10 bits per heavy atom. The third-order valence-electron chi connectivity index (χ3n) is 2.71. The molecule has 0 fully saturated rings. The van der Waals surface area contributed by atoms with Gasteiger partial charge in [0.1, 0.15) is 17.3 Å². The molecule has 2 aromatic rings. The fraction of sp³-hybridized carbons (Fsp3) is 0.200. The fourth-order valence-corrected chi connectivity index (χ4v) is 1.68. The highest BCUT2D eigenvalue weighted by molar-refractivity contribution is 5.66. The molecule has 0 spiro atoms. The first kappa shape index (κ1) is 13.4. The SMILES string of the molecule is Cn1c(Nc2cc(=O)[nH]c(=O)[nH]2)c(N)c(=O)n(C)c1=O. The first-order valence-corrected chi connectivity index (χ1v) is 5.47. The first-order valence-electron chi connectivity index (χ1n) is 5.47. The Labute approximate surface area is 110 Å². The molecule has 10 heteroatoms. The Bertz CT molecular complexity index is 834. The van der Waals surface area contributed by atoms with Crippen LogP contribution >= 0.6 is 0 Å². The highest BCUT2D eigenvalue weighted by atomic mass is 16.2. The molecule has 0 atom stereocenters. The van der Waals surface area contributed by atoms with Crippen molar-refractivity contribution in [1.82, 2.24) is 19.1 Å². The molecule has 0 saturated heterocycles. The van der Waals surface area contributed by atoms with E-state index in [0.29, 0.717) is 0 Å². The molecular weight excluding hydrogens is 268 g/mol. The van der Waals surface area contributed by atoms with Gasteiger partial charge in [-0.1, -0.05) is 0 Å². The summed E-state index contributed by atoms with van der Waals surface area (Å²) in [5, 5.41) is 2.58. The van der Waals surface area contributed by atoms with Crippen LogP contribution in [0.5, 0.6) is 0 Å². The van der Waals surface area contributed by atoms with Crippen molar-refractivity contribution in [1.29, 1.82) is 0 Å². The summed E-state index contributed by atoms with van der Waals surface area (Å²) in [5.41, 5.74) is 2.79. The average molecular weight is 280 g/mol. The van der Waals surface area contributed by atoms with Crippen LogP contribution in [-0.2, 0) is 14.1 Å². The van der Waals surface area contributed by atoms with Crippen LogP contribution in [0.15, 0.2) is 25.2 Å². The monoisotopic (exact) mass is 280 g/mol. The number of hydrogen-bond donors (Lipinski definition) is 4. The number of aromatic amines is 2. The highest BCUT2D eigenvalue weighted by Gasteiger charge is 2.13. The maximum Gasteiger partial charge on any atom is 0.332 e. The molecule has 2 aromatic heterocycles. The van der Waals surface area contributed by atoms with Gasteiger partial charge in [0.15, 0.2) is 0 Å². The average Bonchev–Trinajstić information content (AvgIpc) is 2.38. The molecule has 0 aliphatic rings. The number of nitrogen functional groups attached to an aromatic ring is 1. The van der Waals surface area contributed by atoms with E-state index in [-0.39, 0.29) is 17.3 Å². The van der Waals surface area contributed by atoms with Crippen molar-refractivity contribution in [3.8, 4) is 0 Å². The Morgan fingerprint density at radius 3 is 2.35 bits per heavy atom. The zero-order valence-corrected chi connectivity index (χ0v) is 10.7. The molecule has 2 heterocycles. The van der Waals surface area contributed by atoms with Gasteiger partial charge in [0.05, 0.1) is 0 Å². The minimum atomic E-state index is -0.729. The van der Waals surface area contributed by atoms with Gasteiger partial charge in [0.25, 0.3) is 11.1 Å². The maximum atomic E-state index is 11.8. The topological polar surface area (TPSA) is 148 Å². The number of hydrogen-bond acceptors (Lipinski definition) is 6. The third-order valence-corrected chi connectivity index (χ3v) is 2.71. The zero-order chi connectivity index (χ0) is 15.0. The minimum Gasteiger partial charge on any atom is -0.391 e. The van der Waals surface area contributed by atoms with Crippen LogP contribution in [-0.4, -0.2) is 19.1 Å². The van der Waals surface area contributed by atoms with Gasteiger partial charge in [-0.15, -0.1) is 0 Å². The molecule has 0 aromatic carbocycles. The molecule has 0 radical (unpaired) electrons. The Morgan fingerprint density at radius 2 is 1.75 bits per heavy atom. The van der Waals surface area contributed by atoms with E-state index in [9.17, 15) is 19.2 Å². The van der Waals surface area contributed by atoms with E-state index >= 15 is 0 Å². The number of nitrogens with one attached hydrogen (secondary N) is 3. The van der Waals surface area contributed by atoms with Crippen LogP contribution in [0.25, 0.3) is 0 Å². The van der Waals surface area contributed by atoms with Crippen molar-refractivity contribution in [2.45, 2.75) is 0 Å². The van der Waals surface area contributed by atoms with Crippen molar-refractivity contribution in [2.75, 3.05) is 11.1 Å². The van der Waals surface area contributed by atoms with E-state index in [0.717, 1.165) is 15.2 Å². The fourth-order valence-electron chi connectivity index (χ4n) is 1.68. The van der Waals surface area contributed by atoms with Gasteiger partial charge >= 0.3 is 11.4 Å². The molecule has 0 aliphatic heterocycles. The number of rotatable bonds is 2. The number of nitrogens with zero attached hydrogens (tertiary/aromatic N) is 2. The summed E-state index contributed by atoms with van der Waals surface area (Å²) in [7, 11) is 2.69. The van der Waals surface area contributed by atoms with Crippen LogP contribution < -0.4 is 33.5 Å². The number of anilines is 3. The van der Waals surface area contributed by atoms with Gasteiger partial charge in [0, 0.05) is 20.2 Å². The molecule has 20 heavy (non-hydrogen) atoms. The van der Waals surface area contributed by atoms with Crippen LogP contribution in [0.1, 0.15) is 0 Å². The van der Waals surface area contributed by atoms with E-state index in [1.807, 2.05) is 4.98 Å². The summed E-state index contributed by atoms with van der Waals surface area (Å²) >= 11 is 0. The van der Waals surface area contributed by atoms with Crippen LogP contribution in [0.3, 0.4) is 0 Å². The normalized spacial score (nSPS) is 10.5. The lowest BCUT2D eigenvalue weighted by Crippen LogP contribution is -2.39. The molecule has 0 amide bonds. The van der Waals surface area contributed by atoms with Crippen LogP contribution in [0, 0.1) is 0 Å². The highest BCUT2D eigenvalue weighted by Crippen LogP contribution is 2.14. The number of H-pyrrole nitrogens is 2. The van der Waals surface area contributed by atoms with E-state index in [2.05, 4.69) is 10.3 Å². The lowest BCUT2D eigenvalue weighted by molar-refractivity contribution is 0.696. The minimum absolute atomic E-state index is 0.00806. The summed E-state index contributed by atoms with van der Waals surface area (Å²) < 4.78 is 1.94. The predicted octanol–water partition coefficient (Wildman–Crippen LogP) is -2.21. The van der Waals surface area contributed by atoms with Crippen molar-refractivity contribution in [2.24, 2.45) is 14.1 Å². The number of aromatic nitrogens is 4. The van der Waals surface area contributed by atoms with E-state index < -0.39 is 22.5 Å². The second kappa shape index (κ2) is 4.57.